The van der Waals surface area contributed by atoms with E-state index in [1.54, 1.807) is 22.1 Å². The molecule has 1 saturated heterocycles. The van der Waals surface area contributed by atoms with Crippen LogP contribution in [0.4, 0.5) is 21.9 Å². The van der Waals surface area contributed by atoms with Gasteiger partial charge >= 0.3 is 6.03 Å². The number of ether oxygens (including phenoxy) is 1. The topological polar surface area (TPSA) is 104 Å². The van der Waals surface area contributed by atoms with E-state index in [2.05, 4.69) is 22.2 Å². The number of likely N-dealkylation sites (tertiary alicyclic amines) is 1. The first-order valence-corrected chi connectivity index (χ1v) is 13.8. The lowest BCUT2D eigenvalue weighted by Crippen LogP contribution is -2.49. The number of thiophene rings is 1. The molecule has 2 aromatic heterocycles. The highest BCUT2D eigenvalue weighted by Crippen LogP contribution is 2.46. The number of para-hydroxylation sites is 1. The fraction of sp³-hybridized carbons (Fsp3) is 0.200. The van der Waals surface area contributed by atoms with Crippen LogP contribution in [0.3, 0.4) is 0 Å². The maximum atomic E-state index is 13.5. The van der Waals surface area contributed by atoms with Crippen LogP contribution < -0.4 is 20.3 Å². The molecule has 10 heteroatoms. The van der Waals surface area contributed by atoms with Crippen molar-refractivity contribution in [2.45, 2.75) is 25.8 Å². The molecule has 0 aliphatic carbocycles. The predicted molar refractivity (Wildman–Crippen MR) is 156 cm³/mol. The van der Waals surface area contributed by atoms with Crippen LogP contribution in [0.15, 0.2) is 73.4 Å². The van der Waals surface area contributed by atoms with Crippen LogP contribution in [0.2, 0.25) is 0 Å². The number of nitrogens with zero attached hydrogens (tertiary/aromatic N) is 3. The third-order valence-electron chi connectivity index (χ3n) is 7.08. The molecule has 4 heterocycles. The van der Waals surface area contributed by atoms with Gasteiger partial charge in [0.05, 0.1) is 22.4 Å². The Labute approximate surface area is 235 Å². The number of carbonyl (C=O) groups is 3. The number of rotatable bonds is 6. The van der Waals surface area contributed by atoms with Crippen molar-refractivity contribution in [1.82, 2.24) is 15.2 Å². The van der Waals surface area contributed by atoms with Crippen molar-refractivity contribution in [3.05, 3.63) is 83.9 Å². The highest BCUT2D eigenvalue weighted by atomic mass is 32.1. The van der Waals surface area contributed by atoms with Crippen LogP contribution in [0.5, 0.6) is 11.5 Å². The van der Waals surface area contributed by atoms with Gasteiger partial charge < -0.3 is 20.3 Å². The molecule has 40 heavy (non-hydrogen) atoms. The summed E-state index contributed by atoms with van der Waals surface area (Å²) in [5, 5.41) is 6.70. The number of hydrogen-bond donors (Lipinski definition) is 2. The van der Waals surface area contributed by atoms with E-state index in [0.29, 0.717) is 51.0 Å². The quantitative estimate of drug-likeness (QED) is 0.286. The van der Waals surface area contributed by atoms with Crippen molar-refractivity contribution >= 4 is 56.5 Å². The summed E-state index contributed by atoms with van der Waals surface area (Å²) in [6.07, 6.45) is 4.49. The van der Waals surface area contributed by atoms with Gasteiger partial charge in [0.2, 0.25) is 5.91 Å². The van der Waals surface area contributed by atoms with Crippen molar-refractivity contribution in [1.29, 1.82) is 0 Å². The van der Waals surface area contributed by atoms with E-state index in [9.17, 15) is 14.4 Å². The van der Waals surface area contributed by atoms with Crippen LogP contribution in [-0.4, -0.2) is 46.9 Å². The van der Waals surface area contributed by atoms with Gasteiger partial charge in [-0.1, -0.05) is 24.8 Å². The number of urea groups is 1. The van der Waals surface area contributed by atoms with Crippen molar-refractivity contribution in [2.75, 3.05) is 23.3 Å². The Morgan fingerprint density at radius 1 is 1.20 bits per heavy atom. The minimum atomic E-state index is -0.371. The number of nitrogens with one attached hydrogen (secondary N) is 2. The van der Waals surface area contributed by atoms with E-state index < -0.39 is 0 Å². The van der Waals surface area contributed by atoms with E-state index in [-0.39, 0.29) is 23.9 Å². The first kappa shape index (κ1) is 25.6. The Bertz CT molecular complexity index is 1650. The van der Waals surface area contributed by atoms with E-state index in [1.807, 2.05) is 55.5 Å². The molecule has 2 N–H and O–H groups in total. The number of anilines is 3. The van der Waals surface area contributed by atoms with Crippen LogP contribution in [0.1, 0.15) is 28.1 Å². The number of aromatic nitrogens is 1. The van der Waals surface area contributed by atoms with Crippen LogP contribution in [0.25, 0.3) is 10.2 Å². The number of aryl methyl sites for hydroxylation is 1. The maximum Gasteiger partial charge on any atom is 0.331 e. The van der Waals surface area contributed by atoms with Crippen molar-refractivity contribution < 1.29 is 19.1 Å². The fourth-order valence-corrected chi connectivity index (χ4v) is 6.20. The second kappa shape index (κ2) is 10.5. The monoisotopic (exact) mass is 553 g/mol. The average Bonchev–Trinajstić information content (AvgIpc) is 3.34. The highest BCUT2D eigenvalue weighted by molar-refractivity contribution is 7.21. The van der Waals surface area contributed by atoms with Gasteiger partial charge in [-0.2, -0.15) is 0 Å². The number of pyridine rings is 1. The number of carbonyl (C=O) groups excluding carboxylic acids is 3. The Balaban J connectivity index is 1.29. The van der Waals surface area contributed by atoms with E-state index in [1.165, 1.54) is 17.4 Å². The highest BCUT2D eigenvalue weighted by Gasteiger charge is 2.34. The third-order valence-corrected chi connectivity index (χ3v) is 8.18. The zero-order chi connectivity index (χ0) is 27.8. The van der Waals surface area contributed by atoms with Gasteiger partial charge in [-0.3, -0.25) is 14.5 Å². The van der Waals surface area contributed by atoms with Gasteiger partial charge in [-0.05, 0) is 67.8 Å². The number of amides is 4. The third kappa shape index (κ3) is 4.66. The molecule has 1 atom stereocenters. The molecule has 6 rings (SSSR count). The van der Waals surface area contributed by atoms with E-state index in [0.717, 1.165) is 24.2 Å². The normalized spacial score (nSPS) is 16.4. The average molecular weight is 554 g/mol. The Morgan fingerprint density at radius 2 is 2.02 bits per heavy atom. The lowest BCUT2D eigenvalue weighted by molar-refractivity contribution is -0.127. The van der Waals surface area contributed by atoms with Crippen LogP contribution >= 0.6 is 11.3 Å². The molecule has 0 bridgehead atoms. The zero-order valence-electron chi connectivity index (χ0n) is 21.8. The minimum absolute atomic E-state index is 0.146. The summed E-state index contributed by atoms with van der Waals surface area (Å²) in [6, 6.07) is 16.3. The van der Waals surface area contributed by atoms with E-state index in [4.69, 9.17) is 4.74 Å². The summed E-state index contributed by atoms with van der Waals surface area (Å²) >= 11 is 1.24. The Morgan fingerprint density at radius 3 is 2.80 bits per heavy atom. The van der Waals surface area contributed by atoms with Gasteiger partial charge in [0.15, 0.2) is 0 Å². The molecule has 4 aromatic rings. The number of piperidine rings is 1. The Hall–Kier alpha value is -4.70. The molecule has 9 nitrogen and oxygen atoms in total. The molecule has 0 spiro atoms. The van der Waals surface area contributed by atoms with Crippen molar-refractivity contribution in [3.63, 3.8) is 0 Å². The summed E-state index contributed by atoms with van der Waals surface area (Å²) in [4.78, 5) is 47.8. The first-order valence-electron chi connectivity index (χ1n) is 13.0. The molecule has 0 radical (unpaired) electrons. The van der Waals surface area contributed by atoms with Crippen LogP contribution in [0, 0.1) is 6.92 Å². The molecule has 2 aromatic carbocycles. The van der Waals surface area contributed by atoms with E-state index >= 15 is 0 Å². The summed E-state index contributed by atoms with van der Waals surface area (Å²) in [7, 11) is 0. The summed E-state index contributed by atoms with van der Waals surface area (Å²) < 4.78 is 6.01. The molecular weight excluding hydrogens is 526 g/mol. The van der Waals surface area contributed by atoms with Gasteiger partial charge in [-0.25, -0.2) is 9.78 Å². The SMILES string of the molecule is C=CC(=O)N1CCC[C@@H](NC(=O)c2sc3nccc4c3c2NC(=O)N4c2ccc(Oc3ccccc3)c(C)c2)C1. The molecule has 0 saturated carbocycles. The summed E-state index contributed by atoms with van der Waals surface area (Å²) in [5.41, 5.74) is 2.64. The van der Waals surface area contributed by atoms with Gasteiger partial charge in [0.25, 0.3) is 5.91 Å². The van der Waals surface area contributed by atoms with Gasteiger partial charge in [-0.15, -0.1) is 11.3 Å². The molecule has 1 fully saturated rings. The largest absolute Gasteiger partial charge is 0.457 e. The van der Waals surface area contributed by atoms with Gasteiger partial charge in [0.1, 0.15) is 21.2 Å². The molecule has 2 aliphatic rings. The molecular formula is C30H27N5O4S. The van der Waals surface area contributed by atoms with Crippen molar-refractivity contribution in [3.8, 4) is 11.5 Å². The molecule has 2 aliphatic heterocycles. The molecule has 202 valence electrons. The molecule has 4 amide bonds. The lowest BCUT2D eigenvalue weighted by Gasteiger charge is -2.32. The summed E-state index contributed by atoms with van der Waals surface area (Å²) in [5.74, 6) is 0.978. The molecule has 0 unspecified atom stereocenters. The second-order valence-electron chi connectivity index (χ2n) is 9.75. The maximum absolute atomic E-state index is 13.5. The zero-order valence-corrected chi connectivity index (χ0v) is 22.7. The standard InChI is InChI=1S/C30H27N5O4S/c1-3-24(36)34-15-7-8-19(17-34)32-28(37)27-26-25-22(13-14-31-29(25)40-27)35(30(38)33-26)20-11-12-23(18(2)16-20)39-21-9-5-4-6-10-21/h3-6,9-14,16,19H,1,7-8,15,17H2,2H3,(H,32,37)(H,33,38)/t19-/m1/s1. The van der Waals surface area contributed by atoms with Gasteiger partial charge in [0, 0.05) is 25.3 Å². The minimum Gasteiger partial charge on any atom is -0.457 e. The van der Waals surface area contributed by atoms with Crippen molar-refractivity contribution in [2.24, 2.45) is 0 Å². The Kier molecular flexibility index (Phi) is 6.69. The lowest BCUT2D eigenvalue weighted by atomic mass is 10.1. The fourth-order valence-electron chi connectivity index (χ4n) is 5.18. The predicted octanol–water partition coefficient (Wildman–Crippen LogP) is 5.99. The van der Waals surface area contributed by atoms with Crippen LogP contribution in [-0.2, 0) is 4.79 Å². The second-order valence-corrected chi connectivity index (χ2v) is 10.7. The smallest absolute Gasteiger partial charge is 0.331 e. The summed E-state index contributed by atoms with van der Waals surface area (Å²) in [6.45, 7) is 6.55. The first-order chi connectivity index (χ1) is 19.4. The number of benzene rings is 2. The number of hydrogen-bond acceptors (Lipinski definition) is 6.